The van der Waals surface area contributed by atoms with Gasteiger partial charge in [0.2, 0.25) is 5.88 Å². The van der Waals surface area contributed by atoms with Gasteiger partial charge in [0.05, 0.1) is 22.8 Å². The van der Waals surface area contributed by atoms with Crippen LogP contribution in [0.2, 0.25) is 10.0 Å². The van der Waals surface area contributed by atoms with Gasteiger partial charge in [-0.1, -0.05) is 35.4 Å². The first-order chi connectivity index (χ1) is 17.1. The summed E-state index contributed by atoms with van der Waals surface area (Å²) in [7, 11) is 0. The van der Waals surface area contributed by atoms with Crippen molar-refractivity contribution in [2.45, 2.75) is 32.3 Å². The highest BCUT2D eigenvalue weighted by Crippen LogP contribution is 2.29. The summed E-state index contributed by atoms with van der Waals surface area (Å²) >= 11 is 17.5. The Bertz CT molecular complexity index is 1340. The Hall–Kier alpha value is -3.15. The fourth-order valence-electron chi connectivity index (χ4n) is 3.51. The van der Waals surface area contributed by atoms with Crippen LogP contribution in [0.25, 0.3) is 5.82 Å². The van der Waals surface area contributed by atoms with Gasteiger partial charge in [0.15, 0.2) is 5.82 Å². The fourth-order valence-corrected chi connectivity index (χ4v) is 4.35. The van der Waals surface area contributed by atoms with Gasteiger partial charge in [-0.15, -0.1) is 5.10 Å². The summed E-state index contributed by atoms with van der Waals surface area (Å²) in [4.78, 5) is 31.1. The first kappa shape index (κ1) is 25.9. The number of aryl methyl sites for hydroxylation is 1. The molecule has 0 spiro atoms. The van der Waals surface area contributed by atoms with Crippen molar-refractivity contribution in [2.24, 2.45) is 0 Å². The third kappa shape index (κ3) is 5.80. The Morgan fingerprint density at radius 3 is 2.67 bits per heavy atom. The first-order valence-electron chi connectivity index (χ1n) is 10.7. The molecule has 8 nitrogen and oxygen atoms in total. The zero-order valence-corrected chi connectivity index (χ0v) is 21.1. The van der Waals surface area contributed by atoms with E-state index in [2.05, 4.69) is 20.7 Å². The summed E-state index contributed by atoms with van der Waals surface area (Å²) in [6, 6.07) is 7.45. The van der Waals surface area contributed by atoms with E-state index in [9.17, 15) is 18.4 Å². The quantitative estimate of drug-likeness (QED) is 0.379. The zero-order valence-electron chi connectivity index (χ0n) is 18.7. The number of aromatic nitrogens is 3. The molecule has 3 aromatic rings. The van der Waals surface area contributed by atoms with Crippen LogP contribution in [-0.4, -0.2) is 50.5 Å². The Kier molecular flexibility index (Phi) is 7.82. The van der Waals surface area contributed by atoms with Crippen molar-refractivity contribution < 1.29 is 23.1 Å². The number of ether oxygens (including phenoxy) is 1. The second-order valence-electron chi connectivity index (χ2n) is 7.98. The van der Waals surface area contributed by atoms with E-state index in [1.165, 1.54) is 29.1 Å². The Morgan fingerprint density at radius 1 is 1.25 bits per heavy atom. The number of hydrogen-bond acceptors (Lipinski definition) is 6. The molecule has 4 rings (SSSR count). The lowest BCUT2D eigenvalue weighted by Crippen LogP contribution is -2.32. The molecule has 0 atom stereocenters. The number of benzene rings is 1. The number of rotatable bonds is 8. The molecule has 0 aliphatic heterocycles. The van der Waals surface area contributed by atoms with Crippen molar-refractivity contribution in [3.05, 3.63) is 63.4 Å². The maximum Gasteiger partial charge on any atom is 0.274 e. The van der Waals surface area contributed by atoms with Crippen molar-refractivity contribution in [3.63, 3.8) is 0 Å². The second kappa shape index (κ2) is 10.9. The number of anilines is 1. The molecule has 1 aromatic carbocycles. The summed E-state index contributed by atoms with van der Waals surface area (Å²) in [5, 5.41) is 9.58. The molecule has 2 N–H and O–H groups in total. The largest absolute Gasteiger partial charge is 0.473 e. The summed E-state index contributed by atoms with van der Waals surface area (Å²) in [5.74, 6) is -1.14. The normalized spacial score (nSPS) is 13.4. The number of amides is 2. The van der Waals surface area contributed by atoms with Crippen LogP contribution in [0.1, 0.15) is 39.3 Å². The summed E-state index contributed by atoms with van der Waals surface area (Å²) in [5.41, 5.74) is 0.485. The van der Waals surface area contributed by atoms with Crippen molar-refractivity contribution in [1.82, 2.24) is 20.1 Å². The number of alkyl halides is 2. The molecule has 0 saturated heterocycles. The van der Waals surface area contributed by atoms with E-state index in [1.807, 2.05) is 0 Å². The minimum atomic E-state index is -2.74. The van der Waals surface area contributed by atoms with Gasteiger partial charge in [0, 0.05) is 35.0 Å². The minimum Gasteiger partial charge on any atom is -0.473 e. The number of pyridine rings is 1. The van der Waals surface area contributed by atoms with E-state index in [0.29, 0.717) is 18.4 Å². The topological polar surface area (TPSA) is 98.1 Å². The molecule has 1 aliphatic carbocycles. The summed E-state index contributed by atoms with van der Waals surface area (Å²) in [6.07, 6.45) is -0.193. The molecule has 188 valence electrons. The first-order valence-corrected chi connectivity index (χ1v) is 11.9. The summed E-state index contributed by atoms with van der Waals surface area (Å²) < 4.78 is 32.3. The van der Waals surface area contributed by atoms with Crippen molar-refractivity contribution in [3.8, 4) is 11.7 Å². The Morgan fingerprint density at radius 2 is 2.00 bits per heavy atom. The highest BCUT2D eigenvalue weighted by Gasteiger charge is 2.28. The molecule has 1 saturated carbocycles. The number of halogens is 4. The Balaban J connectivity index is 1.69. The third-order valence-electron chi connectivity index (χ3n) is 5.26. The van der Waals surface area contributed by atoms with E-state index in [-0.39, 0.29) is 44.8 Å². The van der Waals surface area contributed by atoms with Crippen LogP contribution in [0.3, 0.4) is 0 Å². The Labute approximate surface area is 219 Å². The number of hydrogen-bond donors (Lipinski definition) is 2. The van der Waals surface area contributed by atoms with Crippen LogP contribution < -0.4 is 15.4 Å². The van der Waals surface area contributed by atoms with Crippen molar-refractivity contribution >= 4 is 57.8 Å². The lowest BCUT2D eigenvalue weighted by Gasteiger charge is -2.26. The molecule has 2 aromatic heterocycles. The van der Waals surface area contributed by atoms with Crippen LogP contribution >= 0.6 is 35.4 Å². The lowest BCUT2D eigenvalue weighted by atomic mass is 9.96. The smallest absolute Gasteiger partial charge is 0.274 e. The van der Waals surface area contributed by atoms with Crippen molar-refractivity contribution in [2.75, 3.05) is 11.9 Å². The van der Waals surface area contributed by atoms with E-state index in [1.54, 1.807) is 19.1 Å². The zero-order chi connectivity index (χ0) is 26.0. The predicted octanol–water partition coefficient (Wildman–Crippen LogP) is 5.04. The highest BCUT2D eigenvalue weighted by molar-refractivity contribution is 7.80. The van der Waals surface area contributed by atoms with E-state index in [0.717, 1.165) is 4.86 Å². The standard InChI is InChI=1S/C23H19Cl2F2N5O3S/c1-11-5-12(24)6-15(22(33)29-10-18(26)27)20(11)30-23(34)17-9-19(35-13-7-14(36)8-13)31-32(17)21-16(25)3-2-4-28-21/h2-6,9,13,18H,7-8,10H2,1H3,(H,29,33)(H,30,34). The molecule has 0 radical (unpaired) electrons. The molecule has 2 amide bonds. The highest BCUT2D eigenvalue weighted by atomic mass is 35.5. The molecule has 0 unspecified atom stereocenters. The number of nitrogens with zero attached hydrogens (tertiary/aromatic N) is 3. The number of carbonyl (C=O) groups excluding carboxylic acids is 2. The van der Waals surface area contributed by atoms with Gasteiger partial charge >= 0.3 is 0 Å². The predicted molar refractivity (Wildman–Crippen MR) is 135 cm³/mol. The molecule has 0 bridgehead atoms. The number of thiocarbonyl (C=S) groups is 1. The average Bonchev–Trinajstić information content (AvgIpc) is 3.22. The molecular formula is C23H19Cl2F2N5O3S. The van der Waals surface area contributed by atoms with E-state index in [4.69, 9.17) is 40.2 Å². The van der Waals surface area contributed by atoms with Crippen molar-refractivity contribution in [1.29, 1.82) is 0 Å². The van der Waals surface area contributed by atoms with E-state index < -0.39 is 24.8 Å². The summed E-state index contributed by atoms with van der Waals surface area (Å²) in [6.45, 7) is 0.764. The van der Waals surface area contributed by atoms with Gasteiger partial charge in [-0.25, -0.2) is 18.4 Å². The van der Waals surface area contributed by atoms with Crippen LogP contribution in [0.4, 0.5) is 14.5 Å². The molecular weight excluding hydrogens is 535 g/mol. The van der Waals surface area contributed by atoms with Crippen LogP contribution in [0.5, 0.6) is 5.88 Å². The average molecular weight is 554 g/mol. The molecule has 13 heteroatoms. The fraction of sp³-hybridized carbons (Fsp3) is 0.261. The number of nitrogens with one attached hydrogen (secondary N) is 2. The van der Waals surface area contributed by atoms with Gasteiger partial charge in [0.25, 0.3) is 18.2 Å². The minimum absolute atomic E-state index is 0.0146. The second-order valence-corrected chi connectivity index (χ2v) is 9.40. The molecule has 1 aliphatic rings. The molecule has 2 heterocycles. The van der Waals surface area contributed by atoms with Gasteiger partial charge in [-0.05, 0) is 36.8 Å². The van der Waals surface area contributed by atoms with Gasteiger partial charge in [-0.2, -0.15) is 0 Å². The van der Waals surface area contributed by atoms with Gasteiger partial charge in [-0.3, -0.25) is 9.59 Å². The SMILES string of the molecule is Cc1cc(Cl)cc(C(=O)NCC(F)F)c1NC(=O)c1cc(OC2CC(=S)C2)nn1-c1ncccc1Cl. The lowest BCUT2D eigenvalue weighted by molar-refractivity contribution is 0.0892. The third-order valence-corrected chi connectivity index (χ3v) is 6.10. The van der Waals surface area contributed by atoms with Gasteiger partial charge in [0.1, 0.15) is 11.8 Å². The van der Waals surface area contributed by atoms with Crippen LogP contribution in [0, 0.1) is 6.92 Å². The monoisotopic (exact) mass is 553 g/mol. The molecule has 36 heavy (non-hydrogen) atoms. The maximum atomic E-state index is 13.4. The van der Waals surface area contributed by atoms with Crippen LogP contribution in [-0.2, 0) is 0 Å². The molecule has 1 fully saturated rings. The maximum absolute atomic E-state index is 13.4. The van der Waals surface area contributed by atoms with Crippen LogP contribution in [0.15, 0.2) is 36.5 Å². The van der Waals surface area contributed by atoms with Gasteiger partial charge < -0.3 is 15.4 Å². The number of carbonyl (C=O) groups is 2. The van der Waals surface area contributed by atoms with E-state index >= 15 is 0 Å².